The Kier molecular flexibility index (Phi) is 6.07. The number of fused-ring (bicyclic) bond motifs is 2. The monoisotopic (exact) mass is 574 g/mol. The molecule has 0 aliphatic rings. The van der Waals surface area contributed by atoms with E-state index in [0.29, 0.717) is 28.1 Å². The number of hydrogen-bond donors (Lipinski definition) is 4. The van der Waals surface area contributed by atoms with Crippen molar-refractivity contribution in [1.29, 1.82) is 0 Å². The second-order valence-corrected chi connectivity index (χ2v) is 10.6. The van der Waals surface area contributed by atoms with Gasteiger partial charge in [0.05, 0.1) is 28.1 Å². The van der Waals surface area contributed by atoms with Crippen molar-refractivity contribution in [2.75, 3.05) is 21.5 Å². The van der Waals surface area contributed by atoms with E-state index in [1.807, 2.05) is 6.07 Å². The molecule has 0 radical (unpaired) electrons. The summed E-state index contributed by atoms with van der Waals surface area (Å²) in [6.45, 7) is 1.45. The van der Waals surface area contributed by atoms with Crippen molar-refractivity contribution in [3.05, 3.63) is 84.6 Å². The van der Waals surface area contributed by atoms with Gasteiger partial charge in [0.2, 0.25) is 0 Å². The molecule has 6 aromatic rings. The van der Waals surface area contributed by atoms with Gasteiger partial charge in [-0.3, -0.25) is 9.29 Å². The van der Waals surface area contributed by atoms with Crippen LogP contribution in [0.4, 0.5) is 37.5 Å². The molecule has 0 saturated carbocycles. The molecule has 0 bridgehead atoms. The number of sulfonamides is 1. The molecule has 2 aromatic carbocycles. The van der Waals surface area contributed by atoms with Gasteiger partial charge in [0, 0.05) is 0 Å². The molecule has 4 heterocycles. The highest BCUT2D eigenvalue weighted by Crippen LogP contribution is 2.32. The SMILES string of the molecule is Cc1nc(N)ccc1S(=O)(=O)Nc1ccc(F)c(Nc2ncnc3ccc(-n4cnc5c(N)cccc54)nc23)c1F. The molecule has 206 valence electrons. The second kappa shape index (κ2) is 9.63. The average Bonchev–Trinajstić information content (AvgIpc) is 3.38. The number of hydrogen-bond acceptors (Lipinski definition) is 10. The van der Waals surface area contributed by atoms with Crippen molar-refractivity contribution in [3.8, 4) is 5.82 Å². The van der Waals surface area contributed by atoms with Gasteiger partial charge in [0.25, 0.3) is 10.0 Å². The van der Waals surface area contributed by atoms with Gasteiger partial charge in [-0.1, -0.05) is 6.07 Å². The average molecular weight is 575 g/mol. The van der Waals surface area contributed by atoms with Gasteiger partial charge in [-0.15, -0.1) is 0 Å². The molecule has 0 saturated heterocycles. The van der Waals surface area contributed by atoms with Crippen molar-refractivity contribution >= 4 is 60.8 Å². The van der Waals surface area contributed by atoms with Gasteiger partial charge in [0.1, 0.15) is 51.7 Å². The molecule has 0 spiro atoms. The van der Waals surface area contributed by atoms with Crippen molar-refractivity contribution < 1.29 is 17.2 Å². The molecule has 0 aliphatic carbocycles. The summed E-state index contributed by atoms with van der Waals surface area (Å²) in [7, 11) is -4.29. The lowest BCUT2D eigenvalue weighted by Crippen LogP contribution is -2.17. The fourth-order valence-electron chi connectivity index (χ4n) is 4.32. The highest BCUT2D eigenvalue weighted by Gasteiger charge is 2.23. The third-order valence-electron chi connectivity index (χ3n) is 6.25. The van der Waals surface area contributed by atoms with E-state index in [2.05, 4.69) is 35.0 Å². The Balaban J connectivity index is 1.39. The van der Waals surface area contributed by atoms with Crippen LogP contribution in [0.1, 0.15) is 5.69 Å². The maximum Gasteiger partial charge on any atom is 0.263 e. The Morgan fingerprint density at radius 3 is 2.54 bits per heavy atom. The number of rotatable bonds is 6. The number of halogens is 2. The summed E-state index contributed by atoms with van der Waals surface area (Å²) in [5.41, 5.74) is 13.0. The van der Waals surface area contributed by atoms with E-state index in [1.165, 1.54) is 25.4 Å². The minimum absolute atomic E-state index is 0.0165. The maximum absolute atomic E-state index is 15.6. The first-order valence-electron chi connectivity index (χ1n) is 12.0. The van der Waals surface area contributed by atoms with Gasteiger partial charge in [-0.05, 0) is 55.5 Å². The second-order valence-electron chi connectivity index (χ2n) is 8.92. The highest BCUT2D eigenvalue weighted by atomic mass is 32.2. The number of aryl methyl sites for hydroxylation is 1. The molecule has 15 heteroatoms. The minimum Gasteiger partial charge on any atom is -0.397 e. The zero-order valence-corrected chi connectivity index (χ0v) is 22.0. The quantitative estimate of drug-likeness (QED) is 0.212. The lowest BCUT2D eigenvalue weighted by molar-refractivity contribution is 0.588. The molecule has 0 atom stereocenters. The number of nitrogens with two attached hydrogens (primary N) is 2. The fraction of sp³-hybridized carbons (Fsp3) is 0.0385. The predicted octanol–water partition coefficient (Wildman–Crippen LogP) is 4.05. The standard InChI is InChI=1S/C26H20F2N10O2S/c1-13-19(8-9-20(30)34-13)41(39,40)37-16-6-5-14(27)23(22(16)28)36-26-25-17(31-11-32-26)7-10-21(35-25)38-12-33-24-15(29)3-2-4-18(24)38/h2-12,37H,29H2,1H3,(H2,30,34)(H,31,32,36). The van der Waals surface area contributed by atoms with Crippen molar-refractivity contribution in [2.24, 2.45) is 0 Å². The van der Waals surface area contributed by atoms with Crippen LogP contribution in [0.2, 0.25) is 0 Å². The summed E-state index contributed by atoms with van der Waals surface area (Å²) >= 11 is 0. The van der Waals surface area contributed by atoms with E-state index in [4.69, 9.17) is 11.5 Å². The third-order valence-corrected chi connectivity index (χ3v) is 7.75. The molecule has 12 nitrogen and oxygen atoms in total. The zero-order chi connectivity index (χ0) is 28.9. The lowest BCUT2D eigenvalue weighted by Gasteiger charge is -2.15. The molecule has 0 amide bonds. The van der Waals surface area contributed by atoms with Gasteiger partial charge >= 0.3 is 0 Å². The van der Waals surface area contributed by atoms with Crippen molar-refractivity contribution in [1.82, 2.24) is 29.5 Å². The van der Waals surface area contributed by atoms with Crippen LogP contribution < -0.4 is 21.5 Å². The van der Waals surface area contributed by atoms with Crippen LogP contribution in [0.3, 0.4) is 0 Å². The molecule has 0 aliphatic heterocycles. The van der Waals surface area contributed by atoms with E-state index in [9.17, 15) is 12.8 Å². The van der Waals surface area contributed by atoms with Crippen molar-refractivity contribution in [2.45, 2.75) is 11.8 Å². The first-order valence-corrected chi connectivity index (χ1v) is 13.5. The van der Waals surface area contributed by atoms with Crippen LogP contribution in [-0.4, -0.2) is 37.9 Å². The van der Waals surface area contributed by atoms with Gasteiger partial charge < -0.3 is 16.8 Å². The Morgan fingerprint density at radius 1 is 0.902 bits per heavy atom. The summed E-state index contributed by atoms with van der Waals surface area (Å²) in [5.74, 6) is -1.65. The summed E-state index contributed by atoms with van der Waals surface area (Å²) in [4.78, 5) is 21.0. The molecule has 4 aromatic heterocycles. The van der Waals surface area contributed by atoms with E-state index in [-0.39, 0.29) is 27.7 Å². The van der Waals surface area contributed by atoms with Gasteiger partial charge in [-0.25, -0.2) is 42.1 Å². The molecule has 41 heavy (non-hydrogen) atoms. The summed E-state index contributed by atoms with van der Waals surface area (Å²) in [6.07, 6.45) is 2.76. The molecule has 6 N–H and O–H groups in total. The Labute approximate surface area is 231 Å². The first-order chi connectivity index (χ1) is 19.6. The smallest absolute Gasteiger partial charge is 0.263 e. The van der Waals surface area contributed by atoms with Gasteiger partial charge in [0.15, 0.2) is 11.6 Å². The van der Waals surface area contributed by atoms with Crippen LogP contribution in [0, 0.1) is 18.6 Å². The van der Waals surface area contributed by atoms with Crippen LogP contribution in [-0.2, 0) is 10.0 Å². The summed E-state index contributed by atoms with van der Waals surface area (Å²) in [5, 5.41) is 2.61. The molecule has 6 rings (SSSR count). The largest absolute Gasteiger partial charge is 0.397 e. The van der Waals surface area contributed by atoms with Crippen molar-refractivity contribution in [3.63, 3.8) is 0 Å². The van der Waals surface area contributed by atoms with E-state index >= 15 is 4.39 Å². The maximum atomic E-state index is 15.6. The number of nitrogen functional groups attached to an aromatic ring is 2. The summed E-state index contributed by atoms with van der Waals surface area (Å²) in [6, 6.07) is 13.1. The van der Waals surface area contributed by atoms with E-state index in [1.54, 1.807) is 35.2 Å². The Bertz CT molecular complexity index is 2100. The molecule has 0 fully saturated rings. The lowest BCUT2D eigenvalue weighted by atomic mass is 10.2. The topological polar surface area (TPSA) is 180 Å². The van der Waals surface area contributed by atoms with Gasteiger partial charge in [-0.2, -0.15) is 0 Å². The number of imidazole rings is 1. The molecular weight excluding hydrogens is 554 g/mol. The third kappa shape index (κ3) is 4.57. The minimum atomic E-state index is -4.29. The number of anilines is 5. The number of para-hydroxylation sites is 1. The fourth-order valence-corrected chi connectivity index (χ4v) is 5.55. The number of nitrogens with one attached hydrogen (secondary N) is 2. The van der Waals surface area contributed by atoms with Crippen LogP contribution >= 0.6 is 0 Å². The highest BCUT2D eigenvalue weighted by molar-refractivity contribution is 7.92. The van der Waals surface area contributed by atoms with E-state index in [0.717, 1.165) is 12.1 Å². The number of aromatic nitrogens is 6. The number of benzene rings is 2. The Morgan fingerprint density at radius 2 is 1.73 bits per heavy atom. The molecular formula is C26H20F2N10O2S. The predicted molar refractivity (Wildman–Crippen MR) is 150 cm³/mol. The van der Waals surface area contributed by atoms with Crippen LogP contribution in [0.15, 0.2) is 72.1 Å². The molecule has 0 unspecified atom stereocenters. The van der Waals surface area contributed by atoms with Crippen LogP contribution in [0.5, 0.6) is 0 Å². The number of pyridine rings is 2. The van der Waals surface area contributed by atoms with E-state index < -0.39 is 33.0 Å². The first kappa shape index (κ1) is 25.8. The summed E-state index contributed by atoms with van der Waals surface area (Å²) < 4.78 is 60.3. The Hall–Kier alpha value is -5.44. The number of nitrogens with zero attached hydrogens (tertiary/aromatic N) is 6. The normalized spacial score (nSPS) is 11.7. The van der Waals surface area contributed by atoms with Crippen LogP contribution in [0.25, 0.3) is 27.9 Å². The zero-order valence-electron chi connectivity index (χ0n) is 21.2.